The van der Waals surface area contributed by atoms with Gasteiger partial charge >= 0.3 is 0 Å². The van der Waals surface area contributed by atoms with Gasteiger partial charge in [-0.2, -0.15) is 5.26 Å². The third-order valence-corrected chi connectivity index (χ3v) is 2.23. The molecule has 7 nitrogen and oxygen atoms in total. The number of rotatable bonds is 4. The fourth-order valence-electron chi connectivity index (χ4n) is 1.39. The van der Waals surface area contributed by atoms with Gasteiger partial charge in [0, 0.05) is 11.8 Å². The number of benzene rings is 1. The summed E-state index contributed by atoms with van der Waals surface area (Å²) in [6.45, 7) is 0. The zero-order valence-corrected chi connectivity index (χ0v) is 8.78. The molecule has 17 heavy (non-hydrogen) atoms. The highest BCUT2D eigenvalue weighted by molar-refractivity contribution is 5.52. The fraction of sp³-hybridized carbons (Fsp3) is 0.300. The average Bonchev–Trinajstić information content (AvgIpc) is 2.27. The number of hydrogen-bond donors (Lipinski definition) is 3. The van der Waals surface area contributed by atoms with Crippen LogP contribution in [-0.2, 0) is 0 Å². The summed E-state index contributed by atoms with van der Waals surface area (Å²) in [5.41, 5.74) is 5.25. The zero-order valence-electron chi connectivity index (χ0n) is 8.78. The van der Waals surface area contributed by atoms with Crippen LogP contribution in [0.15, 0.2) is 18.2 Å². The Labute approximate surface area is 96.9 Å². The van der Waals surface area contributed by atoms with Gasteiger partial charge in [0.25, 0.3) is 5.69 Å². The zero-order chi connectivity index (χ0) is 13.0. The molecule has 0 saturated carbocycles. The summed E-state index contributed by atoms with van der Waals surface area (Å²) < 4.78 is 0. The first-order valence-corrected chi connectivity index (χ1v) is 4.74. The standard InChI is InChI=1S/C10H11N3O4/c11-4-3-9(14)10(15)7-5-6(12)1-2-8(7)13(16)17/h1-2,5,9-10,14-15H,3,12H2. The summed E-state index contributed by atoms with van der Waals surface area (Å²) in [5, 5.41) is 38.3. The van der Waals surface area contributed by atoms with Crippen LogP contribution in [0.2, 0.25) is 0 Å². The molecule has 1 rings (SSSR count). The van der Waals surface area contributed by atoms with Gasteiger partial charge in [-0.1, -0.05) is 0 Å². The van der Waals surface area contributed by atoms with E-state index in [1.165, 1.54) is 12.1 Å². The van der Waals surface area contributed by atoms with Crippen molar-refractivity contribution in [3.05, 3.63) is 33.9 Å². The second kappa shape index (κ2) is 5.25. The average molecular weight is 237 g/mol. The SMILES string of the molecule is N#CCC(O)C(O)c1cc(N)ccc1[N+](=O)[O-]. The van der Waals surface area contributed by atoms with Gasteiger partial charge in [0.1, 0.15) is 6.10 Å². The van der Waals surface area contributed by atoms with Crippen molar-refractivity contribution in [1.82, 2.24) is 0 Å². The van der Waals surface area contributed by atoms with Gasteiger partial charge in [-0.3, -0.25) is 10.1 Å². The summed E-state index contributed by atoms with van der Waals surface area (Å²) in [7, 11) is 0. The van der Waals surface area contributed by atoms with Crippen molar-refractivity contribution in [3.63, 3.8) is 0 Å². The van der Waals surface area contributed by atoms with Crippen LogP contribution < -0.4 is 5.73 Å². The molecule has 2 atom stereocenters. The quantitative estimate of drug-likeness (QED) is 0.396. The largest absolute Gasteiger partial charge is 0.399 e. The Morgan fingerprint density at radius 2 is 2.18 bits per heavy atom. The molecule has 4 N–H and O–H groups in total. The lowest BCUT2D eigenvalue weighted by Crippen LogP contribution is -2.18. The minimum Gasteiger partial charge on any atom is -0.399 e. The Hall–Kier alpha value is -2.17. The second-order valence-electron chi connectivity index (χ2n) is 3.45. The highest BCUT2D eigenvalue weighted by Gasteiger charge is 2.26. The summed E-state index contributed by atoms with van der Waals surface area (Å²) in [6.07, 6.45) is -3.23. The van der Waals surface area contributed by atoms with E-state index in [9.17, 15) is 20.3 Å². The number of aliphatic hydroxyl groups excluding tert-OH is 2. The normalized spacial score (nSPS) is 13.7. The molecule has 7 heteroatoms. The molecule has 0 fully saturated rings. The monoisotopic (exact) mass is 237 g/mol. The third kappa shape index (κ3) is 2.90. The Morgan fingerprint density at radius 3 is 2.71 bits per heavy atom. The number of aliphatic hydroxyl groups is 2. The number of hydrogen-bond acceptors (Lipinski definition) is 6. The maximum absolute atomic E-state index is 10.7. The van der Waals surface area contributed by atoms with E-state index >= 15 is 0 Å². The summed E-state index contributed by atoms with van der Waals surface area (Å²) in [5.74, 6) is 0. The lowest BCUT2D eigenvalue weighted by atomic mass is 10.0. The van der Waals surface area contributed by atoms with Crippen LogP contribution in [-0.4, -0.2) is 21.2 Å². The Morgan fingerprint density at radius 1 is 1.53 bits per heavy atom. The number of nitro groups is 1. The van der Waals surface area contributed by atoms with Crippen LogP contribution in [0, 0.1) is 21.4 Å². The van der Waals surface area contributed by atoms with Crippen molar-refractivity contribution in [2.75, 3.05) is 5.73 Å². The van der Waals surface area contributed by atoms with E-state index in [0.717, 1.165) is 6.07 Å². The summed E-state index contributed by atoms with van der Waals surface area (Å²) >= 11 is 0. The van der Waals surface area contributed by atoms with Gasteiger partial charge < -0.3 is 15.9 Å². The fourth-order valence-corrected chi connectivity index (χ4v) is 1.39. The highest BCUT2D eigenvalue weighted by Crippen LogP contribution is 2.29. The number of anilines is 1. The number of nitro benzene ring substituents is 1. The molecule has 90 valence electrons. The third-order valence-electron chi connectivity index (χ3n) is 2.23. The Bertz CT molecular complexity index is 469. The Balaban J connectivity index is 3.15. The van der Waals surface area contributed by atoms with Crippen molar-refractivity contribution in [1.29, 1.82) is 5.26 Å². The molecule has 0 aromatic heterocycles. The van der Waals surface area contributed by atoms with Crippen molar-refractivity contribution < 1.29 is 15.1 Å². The first-order chi connectivity index (χ1) is 7.97. The van der Waals surface area contributed by atoms with Crippen LogP contribution in [0.5, 0.6) is 0 Å². The molecule has 0 aliphatic carbocycles. The predicted octanol–water partition coefficient (Wildman–Crippen LogP) is 0.485. The summed E-state index contributed by atoms with van der Waals surface area (Å²) in [6, 6.07) is 5.35. The van der Waals surface area contributed by atoms with Gasteiger partial charge in [0.05, 0.1) is 29.1 Å². The van der Waals surface area contributed by atoms with Crippen LogP contribution in [0.4, 0.5) is 11.4 Å². The molecule has 1 aromatic rings. The molecule has 0 aliphatic rings. The molecule has 1 aromatic carbocycles. The minimum absolute atomic E-state index is 0.0993. The molecule has 0 saturated heterocycles. The smallest absolute Gasteiger partial charge is 0.275 e. The van der Waals surface area contributed by atoms with E-state index in [1.54, 1.807) is 6.07 Å². The lowest BCUT2D eigenvalue weighted by molar-refractivity contribution is -0.386. The van der Waals surface area contributed by atoms with Crippen LogP contribution >= 0.6 is 0 Å². The second-order valence-corrected chi connectivity index (χ2v) is 3.45. The Kier molecular flexibility index (Phi) is 3.98. The van der Waals surface area contributed by atoms with Crippen molar-refractivity contribution in [2.45, 2.75) is 18.6 Å². The first kappa shape index (κ1) is 12.9. The molecule has 0 bridgehead atoms. The number of nitrogens with zero attached hydrogens (tertiary/aromatic N) is 2. The molecule has 2 unspecified atom stereocenters. The number of nitrogen functional groups attached to an aromatic ring is 1. The van der Waals surface area contributed by atoms with Gasteiger partial charge in [-0.05, 0) is 12.1 Å². The maximum Gasteiger partial charge on any atom is 0.275 e. The number of nitrogens with two attached hydrogens (primary N) is 1. The lowest BCUT2D eigenvalue weighted by Gasteiger charge is -2.15. The van der Waals surface area contributed by atoms with Crippen molar-refractivity contribution in [2.24, 2.45) is 0 Å². The van der Waals surface area contributed by atoms with Gasteiger partial charge in [0.15, 0.2) is 0 Å². The van der Waals surface area contributed by atoms with E-state index in [4.69, 9.17) is 11.0 Å². The molecular formula is C10H11N3O4. The molecule has 0 spiro atoms. The van der Waals surface area contributed by atoms with E-state index < -0.39 is 17.1 Å². The minimum atomic E-state index is -1.52. The predicted molar refractivity (Wildman–Crippen MR) is 58.7 cm³/mol. The van der Waals surface area contributed by atoms with E-state index in [-0.39, 0.29) is 23.4 Å². The molecule has 0 heterocycles. The molecule has 0 radical (unpaired) electrons. The summed E-state index contributed by atoms with van der Waals surface area (Å²) in [4.78, 5) is 10.0. The topological polar surface area (TPSA) is 133 Å². The van der Waals surface area contributed by atoms with Gasteiger partial charge in [-0.15, -0.1) is 0 Å². The van der Waals surface area contributed by atoms with Crippen LogP contribution in [0.3, 0.4) is 0 Å². The molecular weight excluding hydrogens is 226 g/mol. The maximum atomic E-state index is 10.7. The van der Waals surface area contributed by atoms with Crippen molar-refractivity contribution >= 4 is 11.4 Å². The van der Waals surface area contributed by atoms with E-state index in [2.05, 4.69) is 0 Å². The first-order valence-electron chi connectivity index (χ1n) is 4.74. The van der Waals surface area contributed by atoms with E-state index in [0.29, 0.717) is 0 Å². The van der Waals surface area contributed by atoms with Crippen LogP contribution in [0.1, 0.15) is 18.1 Å². The molecule has 0 amide bonds. The highest BCUT2D eigenvalue weighted by atomic mass is 16.6. The van der Waals surface area contributed by atoms with Crippen LogP contribution in [0.25, 0.3) is 0 Å². The van der Waals surface area contributed by atoms with Crippen molar-refractivity contribution in [3.8, 4) is 6.07 Å². The number of nitriles is 1. The molecule has 0 aliphatic heterocycles. The van der Waals surface area contributed by atoms with Gasteiger partial charge in [0.2, 0.25) is 0 Å². The van der Waals surface area contributed by atoms with Gasteiger partial charge in [-0.25, -0.2) is 0 Å². The van der Waals surface area contributed by atoms with E-state index in [1.807, 2.05) is 0 Å².